The number of aliphatic hydroxyl groups is 1. The zero-order valence-corrected chi connectivity index (χ0v) is 10.1. The van der Waals surface area contributed by atoms with Gasteiger partial charge in [0.1, 0.15) is 0 Å². The van der Waals surface area contributed by atoms with Crippen LogP contribution in [0.4, 0.5) is 0 Å². The Labute approximate surface area is 102 Å². The number of rotatable bonds is 1. The molecule has 0 radical (unpaired) electrons. The van der Waals surface area contributed by atoms with E-state index < -0.39 is 0 Å². The molecule has 2 heterocycles. The van der Waals surface area contributed by atoms with Crippen LogP contribution in [0.15, 0.2) is 24.3 Å². The number of piperidine rings is 1. The first-order valence-corrected chi connectivity index (χ1v) is 6.54. The normalized spacial score (nSPS) is 29.9. The standard InChI is InChI=1S/C14H20N2O/c17-14-9-15-7-5-13(14)16-8-6-11-3-1-2-4-12(11)10-16/h1-4,13-15,17H,5-10H2/t13-,14-/m1/s1. The summed E-state index contributed by atoms with van der Waals surface area (Å²) in [6.45, 7) is 3.85. The predicted octanol–water partition coefficient (Wildman–Crippen LogP) is 0.767. The lowest BCUT2D eigenvalue weighted by Crippen LogP contribution is -2.53. The molecule has 1 aromatic rings. The van der Waals surface area contributed by atoms with Gasteiger partial charge in [-0.3, -0.25) is 4.90 Å². The highest BCUT2D eigenvalue weighted by Crippen LogP contribution is 2.23. The van der Waals surface area contributed by atoms with Gasteiger partial charge in [0.15, 0.2) is 0 Å². The quantitative estimate of drug-likeness (QED) is 0.750. The fourth-order valence-corrected chi connectivity index (χ4v) is 3.05. The Hall–Kier alpha value is -0.900. The van der Waals surface area contributed by atoms with Crippen LogP contribution in [0.3, 0.4) is 0 Å². The average molecular weight is 232 g/mol. The molecule has 0 unspecified atom stereocenters. The second-order valence-corrected chi connectivity index (χ2v) is 5.12. The summed E-state index contributed by atoms with van der Waals surface area (Å²) in [6.07, 6.45) is 1.96. The minimum atomic E-state index is -0.214. The molecule has 0 bridgehead atoms. The Morgan fingerprint density at radius 1 is 1.24 bits per heavy atom. The van der Waals surface area contributed by atoms with Crippen molar-refractivity contribution in [2.24, 2.45) is 0 Å². The summed E-state index contributed by atoms with van der Waals surface area (Å²) in [4.78, 5) is 2.45. The lowest BCUT2D eigenvalue weighted by molar-refractivity contribution is 0.0220. The summed E-state index contributed by atoms with van der Waals surface area (Å²) < 4.78 is 0. The minimum Gasteiger partial charge on any atom is -0.390 e. The molecular weight excluding hydrogens is 212 g/mol. The van der Waals surface area contributed by atoms with Crippen molar-refractivity contribution in [1.29, 1.82) is 0 Å². The van der Waals surface area contributed by atoms with E-state index in [9.17, 15) is 5.11 Å². The molecule has 2 aliphatic rings. The third-order valence-corrected chi connectivity index (χ3v) is 4.04. The lowest BCUT2D eigenvalue weighted by atomic mass is 9.95. The number of aliphatic hydroxyl groups excluding tert-OH is 1. The maximum Gasteiger partial charge on any atom is 0.0820 e. The van der Waals surface area contributed by atoms with Crippen LogP contribution in [-0.4, -0.2) is 41.8 Å². The number of fused-ring (bicyclic) bond motifs is 1. The molecule has 1 fully saturated rings. The Morgan fingerprint density at radius 2 is 2.06 bits per heavy atom. The van der Waals surface area contributed by atoms with Gasteiger partial charge >= 0.3 is 0 Å². The molecule has 2 aliphatic heterocycles. The molecule has 2 atom stereocenters. The van der Waals surface area contributed by atoms with Crippen molar-refractivity contribution in [2.45, 2.75) is 31.5 Å². The van der Waals surface area contributed by atoms with Gasteiger partial charge in [-0.25, -0.2) is 0 Å². The van der Waals surface area contributed by atoms with E-state index in [1.165, 1.54) is 11.1 Å². The fourth-order valence-electron chi connectivity index (χ4n) is 3.05. The molecule has 3 heteroatoms. The van der Waals surface area contributed by atoms with E-state index in [1.807, 2.05) is 0 Å². The average Bonchev–Trinajstić information content (AvgIpc) is 2.39. The highest BCUT2D eigenvalue weighted by Gasteiger charge is 2.30. The van der Waals surface area contributed by atoms with Crippen molar-refractivity contribution in [3.63, 3.8) is 0 Å². The Morgan fingerprint density at radius 3 is 2.88 bits per heavy atom. The SMILES string of the molecule is O[C@@H]1CNCC[C@H]1N1CCc2ccccc2C1. The number of hydrogen-bond donors (Lipinski definition) is 2. The fraction of sp³-hybridized carbons (Fsp3) is 0.571. The lowest BCUT2D eigenvalue weighted by Gasteiger charge is -2.40. The number of β-amino-alcohol motifs (C(OH)–C–C–N with tert-alkyl or cyclic N) is 1. The summed E-state index contributed by atoms with van der Waals surface area (Å²) >= 11 is 0. The molecule has 17 heavy (non-hydrogen) atoms. The van der Waals surface area contributed by atoms with Crippen LogP contribution in [0, 0.1) is 0 Å². The number of hydrogen-bond acceptors (Lipinski definition) is 3. The van der Waals surface area contributed by atoms with Crippen LogP contribution in [0.5, 0.6) is 0 Å². The molecule has 92 valence electrons. The Balaban J connectivity index is 1.75. The van der Waals surface area contributed by atoms with E-state index >= 15 is 0 Å². The van der Waals surface area contributed by atoms with Crippen molar-refractivity contribution in [1.82, 2.24) is 10.2 Å². The third-order valence-electron chi connectivity index (χ3n) is 4.04. The molecule has 0 saturated carbocycles. The largest absolute Gasteiger partial charge is 0.390 e. The molecule has 3 rings (SSSR count). The number of nitrogens with zero attached hydrogens (tertiary/aromatic N) is 1. The van der Waals surface area contributed by atoms with Crippen molar-refractivity contribution in [3.05, 3.63) is 35.4 Å². The van der Waals surface area contributed by atoms with E-state index in [4.69, 9.17) is 0 Å². The van der Waals surface area contributed by atoms with Crippen LogP contribution in [0.2, 0.25) is 0 Å². The molecule has 2 N–H and O–H groups in total. The maximum atomic E-state index is 10.1. The molecule has 1 saturated heterocycles. The van der Waals surface area contributed by atoms with Crippen molar-refractivity contribution in [2.75, 3.05) is 19.6 Å². The third kappa shape index (κ3) is 2.23. The van der Waals surface area contributed by atoms with E-state index in [-0.39, 0.29) is 6.10 Å². The van der Waals surface area contributed by atoms with Crippen molar-refractivity contribution >= 4 is 0 Å². The molecule has 0 aromatic heterocycles. The summed E-state index contributed by atoms with van der Waals surface area (Å²) in [5, 5.41) is 13.3. The van der Waals surface area contributed by atoms with Gasteiger partial charge in [0.2, 0.25) is 0 Å². The second kappa shape index (κ2) is 4.77. The summed E-state index contributed by atoms with van der Waals surface area (Å²) in [6, 6.07) is 9.01. The summed E-state index contributed by atoms with van der Waals surface area (Å²) in [5.74, 6) is 0. The minimum absolute atomic E-state index is 0.214. The van der Waals surface area contributed by atoms with Gasteiger partial charge in [0.05, 0.1) is 6.10 Å². The first-order valence-electron chi connectivity index (χ1n) is 6.54. The van der Waals surface area contributed by atoms with E-state index in [0.717, 1.165) is 39.0 Å². The zero-order valence-electron chi connectivity index (χ0n) is 10.1. The highest BCUT2D eigenvalue weighted by atomic mass is 16.3. The van der Waals surface area contributed by atoms with Gasteiger partial charge in [-0.15, -0.1) is 0 Å². The molecular formula is C14H20N2O. The molecule has 3 nitrogen and oxygen atoms in total. The highest BCUT2D eigenvalue weighted by molar-refractivity contribution is 5.29. The van der Waals surface area contributed by atoms with Gasteiger partial charge in [-0.05, 0) is 30.5 Å². The van der Waals surface area contributed by atoms with Crippen LogP contribution >= 0.6 is 0 Å². The number of nitrogens with one attached hydrogen (secondary N) is 1. The second-order valence-electron chi connectivity index (χ2n) is 5.12. The van der Waals surface area contributed by atoms with Gasteiger partial charge in [-0.1, -0.05) is 24.3 Å². The van der Waals surface area contributed by atoms with E-state index in [0.29, 0.717) is 6.04 Å². The van der Waals surface area contributed by atoms with Gasteiger partial charge < -0.3 is 10.4 Å². The van der Waals surface area contributed by atoms with Crippen LogP contribution in [0.25, 0.3) is 0 Å². The smallest absolute Gasteiger partial charge is 0.0820 e. The molecule has 0 spiro atoms. The van der Waals surface area contributed by atoms with Crippen LogP contribution in [-0.2, 0) is 13.0 Å². The van der Waals surface area contributed by atoms with Crippen molar-refractivity contribution in [3.8, 4) is 0 Å². The van der Waals surface area contributed by atoms with Crippen molar-refractivity contribution < 1.29 is 5.11 Å². The topological polar surface area (TPSA) is 35.5 Å². The van der Waals surface area contributed by atoms with E-state index in [1.54, 1.807) is 0 Å². The monoisotopic (exact) mass is 232 g/mol. The van der Waals surface area contributed by atoms with Crippen LogP contribution in [0.1, 0.15) is 17.5 Å². The first kappa shape index (κ1) is 11.2. The van der Waals surface area contributed by atoms with E-state index in [2.05, 4.69) is 34.5 Å². The molecule has 0 amide bonds. The Kier molecular flexibility index (Phi) is 3.14. The summed E-state index contributed by atoms with van der Waals surface area (Å²) in [5.41, 5.74) is 2.91. The van der Waals surface area contributed by atoms with Crippen LogP contribution < -0.4 is 5.32 Å². The predicted molar refractivity (Wildman–Crippen MR) is 67.8 cm³/mol. The zero-order chi connectivity index (χ0) is 11.7. The maximum absolute atomic E-state index is 10.1. The Bertz CT molecular complexity index is 394. The number of benzene rings is 1. The van der Waals surface area contributed by atoms with Gasteiger partial charge in [0.25, 0.3) is 0 Å². The summed E-state index contributed by atoms with van der Waals surface area (Å²) in [7, 11) is 0. The molecule has 0 aliphatic carbocycles. The van der Waals surface area contributed by atoms with Gasteiger partial charge in [0, 0.05) is 25.7 Å². The first-order chi connectivity index (χ1) is 8.34. The van der Waals surface area contributed by atoms with Gasteiger partial charge in [-0.2, -0.15) is 0 Å². The molecule has 1 aromatic carbocycles.